The number of rotatable bonds is 4. The van der Waals surface area contributed by atoms with E-state index in [-0.39, 0.29) is 5.41 Å². The zero-order valence-electron chi connectivity index (χ0n) is 40.4. The van der Waals surface area contributed by atoms with Crippen LogP contribution in [0.2, 0.25) is 0 Å². The molecule has 4 aliphatic carbocycles. The highest BCUT2D eigenvalue weighted by molar-refractivity contribution is 5.65. The van der Waals surface area contributed by atoms with Crippen molar-refractivity contribution in [2.45, 2.75) is 180 Å². The quantitative estimate of drug-likeness (QED) is 0.203. The molecule has 10 atom stereocenters. The van der Waals surface area contributed by atoms with Crippen LogP contribution in [-0.2, 0) is 0 Å². The Balaban J connectivity index is 1.12. The fourth-order valence-corrected chi connectivity index (χ4v) is 16.9. The minimum absolute atomic E-state index is 0.211. The molecule has 4 saturated carbocycles. The number of hydrogen-bond acceptors (Lipinski definition) is 5. The van der Waals surface area contributed by atoms with Gasteiger partial charge in [-0.1, -0.05) is 119 Å². The molecule has 5 heterocycles. The van der Waals surface area contributed by atoms with Gasteiger partial charge in [0.2, 0.25) is 0 Å². The van der Waals surface area contributed by atoms with Crippen LogP contribution in [0.1, 0.15) is 143 Å². The lowest BCUT2D eigenvalue weighted by Gasteiger charge is -2.62. The molecule has 338 valence electrons. The van der Waals surface area contributed by atoms with E-state index in [0.717, 1.165) is 0 Å². The second kappa shape index (κ2) is 14.9. The Morgan fingerprint density at radius 2 is 0.800 bits per heavy atom. The Hall–Kier alpha value is -4.64. The first-order valence-electron chi connectivity index (χ1n) is 26.2. The lowest BCUT2D eigenvalue weighted by molar-refractivity contribution is 0.0252. The van der Waals surface area contributed by atoms with Gasteiger partial charge in [0.1, 0.15) is 11.6 Å². The standard InChI is InChI=1S/C60H73N5/c1-36-20-18-21-37(2)53(36)45-34-49-50(35-46(45)54-38(3)22-19-23-39(54)4)64-48-31-17-15-29-44(48)56-59(64)65-57-51(32-40(60(5,6)7)33-52(57)62(56)42-26-12-9-13-27-42)61(41-24-10-8-11-25-41)55-43-28-14-16-30-47(43)63(49)58(55)65/h8-13,18-27,40,43-52,57H,14-17,28-35H2,1-7H3. The third-order valence-electron chi connectivity index (χ3n) is 19.4. The molecule has 0 amide bonds. The third-order valence-corrected chi connectivity index (χ3v) is 19.4. The van der Waals surface area contributed by atoms with Crippen LogP contribution in [0.5, 0.6) is 0 Å². The van der Waals surface area contributed by atoms with Crippen LogP contribution < -0.4 is 9.80 Å². The molecule has 0 radical (unpaired) electrons. The normalized spacial score (nSPS) is 34.6. The average molecular weight is 864 g/mol. The topological polar surface area (TPSA) is 16.2 Å². The molecule has 5 aliphatic heterocycles. The van der Waals surface area contributed by atoms with E-state index in [9.17, 15) is 0 Å². The van der Waals surface area contributed by atoms with Gasteiger partial charge in [-0.3, -0.25) is 0 Å². The molecule has 9 aliphatic rings. The Kier molecular flexibility index (Phi) is 9.33. The summed E-state index contributed by atoms with van der Waals surface area (Å²) >= 11 is 0. The van der Waals surface area contributed by atoms with Gasteiger partial charge in [-0.2, -0.15) is 0 Å². The molecule has 5 fully saturated rings. The van der Waals surface area contributed by atoms with Gasteiger partial charge in [-0.25, -0.2) is 0 Å². The van der Waals surface area contributed by atoms with Crippen LogP contribution in [0, 0.1) is 50.9 Å². The maximum absolute atomic E-state index is 3.24. The second-order valence-electron chi connectivity index (χ2n) is 23.5. The lowest BCUT2D eigenvalue weighted by atomic mass is 9.64. The zero-order chi connectivity index (χ0) is 44.0. The Labute approximate surface area is 390 Å². The molecular formula is C60H73N5. The van der Waals surface area contributed by atoms with Crippen molar-refractivity contribution in [2.24, 2.45) is 23.2 Å². The highest BCUT2D eigenvalue weighted by Gasteiger charge is 2.68. The van der Waals surface area contributed by atoms with Gasteiger partial charge in [-0.05, 0) is 160 Å². The van der Waals surface area contributed by atoms with E-state index >= 15 is 0 Å². The van der Waals surface area contributed by atoms with E-state index in [1.54, 1.807) is 34.2 Å². The van der Waals surface area contributed by atoms with Crippen molar-refractivity contribution in [3.8, 4) is 0 Å². The van der Waals surface area contributed by atoms with E-state index in [2.05, 4.69) is 170 Å². The smallest absolute Gasteiger partial charge is 0.131 e. The minimum atomic E-state index is 0.211. The van der Waals surface area contributed by atoms with Gasteiger partial charge in [0.15, 0.2) is 0 Å². The molecular weight excluding hydrogens is 791 g/mol. The minimum Gasteiger partial charge on any atom is -0.348 e. The number of fused-ring (bicyclic) bond motifs is 9. The molecule has 0 bridgehead atoms. The van der Waals surface area contributed by atoms with Crippen molar-refractivity contribution in [1.82, 2.24) is 14.7 Å². The fourth-order valence-electron chi connectivity index (χ4n) is 16.9. The van der Waals surface area contributed by atoms with Gasteiger partial charge >= 0.3 is 0 Å². The zero-order valence-corrected chi connectivity index (χ0v) is 40.4. The van der Waals surface area contributed by atoms with Gasteiger partial charge in [0.05, 0.1) is 41.6 Å². The molecule has 5 nitrogen and oxygen atoms in total. The van der Waals surface area contributed by atoms with E-state index in [0.29, 0.717) is 71.9 Å². The van der Waals surface area contributed by atoms with Crippen LogP contribution in [0.15, 0.2) is 120 Å². The first-order valence-corrected chi connectivity index (χ1v) is 26.2. The predicted octanol–water partition coefficient (Wildman–Crippen LogP) is 13.3. The monoisotopic (exact) mass is 864 g/mol. The molecule has 1 saturated heterocycles. The summed E-state index contributed by atoms with van der Waals surface area (Å²) in [5.41, 5.74) is 15.7. The number of aryl methyl sites for hydroxylation is 4. The summed E-state index contributed by atoms with van der Waals surface area (Å²) in [6, 6.07) is 41.1. The summed E-state index contributed by atoms with van der Waals surface area (Å²) < 4.78 is 0. The summed E-state index contributed by atoms with van der Waals surface area (Å²) in [5.74, 6) is 5.91. The van der Waals surface area contributed by atoms with Crippen molar-refractivity contribution in [3.05, 3.63) is 153 Å². The van der Waals surface area contributed by atoms with E-state index in [1.165, 1.54) is 111 Å². The van der Waals surface area contributed by atoms with Crippen LogP contribution in [0.25, 0.3) is 0 Å². The largest absolute Gasteiger partial charge is 0.348 e. The van der Waals surface area contributed by atoms with Crippen LogP contribution in [0.4, 0.5) is 11.4 Å². The maximum atomic E-state index is 3.24. The maximum Gasteiger partial charge on any atom is 0.131 e. The fraction of sp³-hybridized carbons (Fsp3) is 0.533. The van der Waals surface area contributed by atoms with Crippen molar-refractivity contribution in [1.29, 1.82) is 0 Å². The van der Waals surface area contributed by atoms with Gasteiger partial charge < -0.3 is 24.5 Å². The van der Waals surface area contributed by atoms with Crippen LogP contribution in [0.3, 0.4) is 0 Å². The summed E-state index contributed by atoms with van der Waals surface area (Å²) in [4.78, 5) is 15.7. The predicted molar refractivity (Wildman–Crippen MR) is 267 cm³/mol. The third kappa shape index (κ3) is 5.81. The van der Waals surface area contributed by atoms with Crippen molar-refractivity contribution in [3.63, 3.8) is 0 Å². The van der Waals surface area contributed by atoms with E-state index < -0.39 is 0 Å². The van der Waals surface area contributed by atoms with Gasteiger partial charge in [0.25, 0.3) is 0 Å². The molecule has 0 aromatic heterocycles. The average Bonchev–Trinajstić information content (AvgIpc) is 3.78. The lowest BCUT2D eigenvalue weighted by Crippen LogP contribution is -2.70. The second-order valence-corrected chi connectivity index (χ2v) is 23.5. The van der Waals surface area contributed by atoms with Crippen molar-refractivity contribution in [2.75, 3.05) is 9.80 Å². The van der Waals surface area contributed by atoms with Gasteiger partial charge in [0, 0.05) is 35.3 Å². The highest BCUT2D eigenvalue weighted by atomic mass is 15.6. The molecule has 5 heteroatoms. The molecule has 0 N–H and O–H groups in total. The number of nitrogens with zero attached hydrogens (tertiary/aromatic N) is 5. The molecule has 0 spiro atoms. The molecule has 4 aromatic carbocycles. The number of benzene rings is 4. The van der Waals surface area contributed by atoms with Crippen LogP contribution >= 0.6 is 0 Å². The number of hydrogen-bond donors (Lipinski definition) is 0. The van der Waals surface area contributed by atoms with Crippen LogP contribution in [-0.4, -0.2) is 57.0 Å². The first kappa shape index (κ1) is 40.6. The molecule has 10 unspecified atom stereocenters. The Morgan fingerprint density at radius 1 is 0.400 bits per heavy atom. The molecule has 65 heavy (non-hydrogen) atoms. The first-order chi connectivity index (χ1) is 31.6. The van der Waals surface area contributed by atoms with Crippen molar-refractivity contribution >= 4 is 11.4 Å². The Bertz CT molecular complexity index is 2360. The van der Waals surface area contributed by atoms with E-state index in [4.69, 9.17) is 0 Å². The summed E-state index contributed by atoms with van der Waals surface area (Å²) in [7, 11) is 0. The highest BCUT2D eigenvalue weighted by Crippen LogP contribution is 2.65. The summed E-state index contributed by atoms with van der Waals surface area (Å²) in [6.45, 7) is 17.4. The SMILES string of the molecule is Cc1cccc(C)c1C1CC2C(CC1c1c(C)cccc1C)N1C3=C(C4CCCCC41)N(c1ccccc1)C1CC(C(C)(C)C)CC4C1N3C1=C(C3CCCCC3N12)N4c1ccccc1. The Morgan fingerprint density at radius 3 is 1.20 bits per heavy atom. The summed E-state index contributed by atoms with van der Waals surface area (Å²) in [5, 5.41) is 0. The molecule has 13 rings (SSSR count). The molecule has 4 aromatic rings. The van der Waals surface area contributed by atoms with E-state index in [1.807, 2.05) is 0 Å². The van der Waals surface area contributed by atoms with Gasteiger partial charge in [-0.15, -0.1) is 0 Å². The number of para-hydroxylation sites is 2. The number of anilines is 2. The van der Waals surface area contributed by atoms with Crippen molar-refractivity contribution < 1.29 is 0 Å². The summed E-state index contributed by atoms with van der Waals surface area (Å²) in [6.07, 6.45) is 15.5.